The minimum atomic E-state index is -0.281. The lowest BCUT2D eigenvalue weighted by Gasteiger charge is -2.29. The maximum atomic E-state index is 12.7. The number of nitrogens with one attached hydrogen (secondary N) is 1. The van der Waals surface area contributed by atoms with E-state index in [1.807, 2.05) is 35.4 Å². The molecule has 2 heterocycles. The highest BCUT2D eigenvalue weighted by atomic mass is 32.2. The summed E-state index contributed by atoms with van der Waals surface area (Å²) >= 11 is 1.60. The largest absolute Gasteiger partial charge is 0.378 e. The lowest BCUT2D eigenvalue weighted by atomic mass is 10.3. The molecule has 0 unspecified atom stereocenters. The van der Waals surface area contributed by atoms with Gasteiger partial charge >= 0.3 is 0 Å². The van der Waals surface area contributed by atoms with Crippen molar-refractivity contribution in [2.24, 2.45) is 0 Å². The molecule has 0 radical (unpaired) electrons. The number of nitrogens with zero attached hydrogens (tertiary/aromatic N) is 3. The van der Waals surface area contributed by atoms with E-state index in [-0.39, 0.29) is 24.6 Å². The molecule has 150 valence electrons. The molecule has 3 rings (SSSR count). The number of carbonyl (C=O) groups excluding carboxylic acids is 1. The van der Waals surface area contributed by atoms with E-state index < -0.39 is 0 Å². The van der Waals surface area contributed by atoms with Crippen molar-refractivity contribution in [3.63, 3.8) is 0 Å². The maximum absolute atomic E-state index is 12.7. The standard InChI is InChI=1S/C19H24N4O4S/c1-26-13-15-11-18(25)23(19(21-15)22-6-8-27-9-7-22)12-17(24)20-14-4-3-5-16(10-14)28-2/h3-5,10-11H,6-9,12-13H2,1-2H3,(H,20,24). The Kier molecular flexibility index (Phi) is 7.07. The molecule has 1 aliphatic rings. The Morgan fingerprint density at radius 3 is 2.82 bits per heavy atom. The zero-order chi connectivity index (χ0) is 19.9. The van der Waals surface area contributed by atoms with Gasteiger partial charge in [-0.05, 0) is 24.5 Å². The van der Waals surface area contributed by atoms with Crippen molar-refractivity contribution in [1.29, 1.82) is 0 Å². The van der Waals surface area contributed by atoms with Crippen LogP contribution < -0.4 is 15.8 Å². The van der Waals surface area contributed by atoms with E-state index in [9.17, 15) is 9.59 Å². The van der Waals surface area contributed by atoms with Gasteiger partial charge < -0.3 is 19.7 Å². The summed E-state index contributed by atoms with van der Waals surface area (Å²) in [7, 11) is 1.55. The third kappa shape index (κ3) is 5.12. The average molecular weight is 404 g/mol. The fourth-order valence-electron chi connectivity index (χ4n) is 2.96. The maximum Gasteiger partial charge on any atom is 0.255 e. The summed E-state index contributed by atoms with van der Waals surface area (Å²) in [5.74, 6) is 0.187. The zero-order valence-corrected chi connectivity index (χ0v) is 16.8. The molecule has 1 aromatic carbocycles. The molecular weight excluding hydrogens is 380 g/mol. The van der Waals surface area contributed by atoms with Gasteiger partial charge in [-0.3, -0.25) is 14.2 Å². The van der Waals surface area contributed by atoms with E-state index in [1.54, 1.807) is 18.9 Å². The van der Waals surface area contributed by atoms with Gasteiger partial charge in [0.05, 0.1) is 25.5 Å². The Morgan fingerprint density at radius 1 is 1.32 bits per heavy atom. The van der Waals surface area contributed by atoms with Crippen molar-refractivity contribution in [3.8, 4) is 0 Å². The number of anilines is 2. The van der Waals surface area contributed by atoms with Crippen LogP contribution in [0.1, 0.15) is 5.69 Å². The Labute approximate surface area is 167 Å². The lowest BCUT2D eigenvalue weighted by Crippen LogP contribution is -2.42. The molecule has 0 spiro atoms. The monoisotopic (exact) mass is 404 g/mol. The van der Waals surface area contributed by atoms with Gasteiger partial charge in [-0.25, -0.2) is 4.98 Å². The van der Waals surface area contributed by atoms with Crippen LogP contribution in [-0.2, 0) is 27.4 Å². The van der Waals surface area contributed by atoms with Crippen LogP contribution in [-0.4, -0.2) is 55.1 Å². The van der Waals surface area contributed by atoms with Crippen molar-refractivity contribution < 1.29 is 14.3 Å². The average Bonchev–Trinajstić information content (AvgIpc) is 2.71. The first-order valence-corrected chi connectivity index (χ1v) is 10.2. The Hall–Kier alpha value is -2.36. The number of ether oxygens (including phenoxy) is 2. The van der Waals surface area contributed by atoms with E-state index in [2.05, 4.69) is 10.3 Å². The minimum absolute atomic E-state index is 0.116. The highest BCUT2D eigenvalue weighted by molar-refractivity contribution is 7.98. The summed E-state index contributed by atoms with van der Waals surface area (Å²) in [6.07, 6.45) is 1.97. The smallest absolute Gasteiger partial charge is 0.255 e. The predicted octanol–water partition coefficient (Wildman–Crippen LogP) is 1.59. The number of hydrogen-bond donors (Lipinski definition) is 1. The van der Waals surface area contributed by atoms with Crippen LogP contribution in [0, 0.1) is 0 Å². The Morgan fingerprint density at radius 2 is 2.11 bits per heavy atom. The topological polar surface area (TPSA) is 85.7 Å². The van der Waals surface area contributed by atoms with E-state index in [4.69, 9.17) is 9.47 Å². The molecule has 1 aromatic heterocycles. The number of methoxy groups -OCH3 is 1. The van der Waals surface area contributed by atoms with Crippen LogP contribution in [0.4, 0.5) is 11.6 Å². The molecule has 1 aliphatic heterocycles. The first-order chi connectivity index (χ1) is 13.6. The van der Waals surface area contributed by atoms with Gasteiger partial charge in [-0.1, -0.05) is 6.07 Å². The van der Waals surface area contributed by atoms with Gasteiger partial charge in [-0.15, -0.1) is 11.8 Å². The van der Waals surface area contributed by atoms with Crippen LogP contribution in [0.2, 0.25) is 0 Å². The zero-order valence-electron chi connectivity index (χ0n) is 16.0. The molecule has 8 nitrogen and oxygen atoms in total. The number of amides is 1. The second-order valence-corrected chi connectivity index (χ2v) is 7.16. The Bertz CT molecular complexity index is 880. The number of morpholine rings is 1. The number of rotatable bonds is 7. The number of aromatic nitrogens is 2. The second kappa shape index (κ2) is 9.72. The summed E-state index contributed by atoms with van der Waals surface area (Å²) in [4.78, 5) is 32.9. The van der Waals surface area contributed by atoms with Crippen LogP contribution in [0.5, 0.6) is 0 Å². The summed E-state index contributed by atoms with van der Waals surface area (Å²) < 4.78 is 11.9. The minimum Gasteiger partial charge on any atom is -0.378 e. The number of thioether (sulfide) groups is 1. The molecule has 1 saturated heterocycles. The van der Waals surface area contributed by atoms with Gasteiger partial charge in [-0.2, -0.15) is 0 Å². The summed E-state index contributed by atoms with van der Waals surface area (Å²) in [6, 6.07) is 8.99. The molecule has 1 amide bonds. The number of benzene rings is 1. The van der Waals surface area contributed by atoms with Gasteiger partial charge in [0.15, 0.2) is 0 Å². The predicted molar refractivity (Wildman–Crippen MR) is 109 cm³/mol. The van der Waals surface area contributed by atoms with E-state index in [0.717, 1.165) is 4.90 Å². The van der Waals surface area contributed by atoms with Crippen molar-refractivity contribution in [2.75, 3.05) is 49.9 Å². The van der Waals surface area contributed by atoms with Crippen LogP contribution in [0.25, 0.3) is 0 Å². The molecule has 1 N–H and O–H groups in total. The van der Waals surface area contributed by atoms with Crippen LogP contribution >= 0.6 is 11.8 Å². The second-order valence-electron chi connectivity index (χ2n) is 6.28. The van der Waals surface area contributed by atoms with Crippen molar-refractivity contribution in [1.82, 2.24) is 9.55 Å². The van der Waals surface area contributed by atoms with E-state index >= 15 is 0 Å². The SMILES string of the molecule is COCc1cc(=O)n(CC(=O)Nc2cccc(SC)c2)c(N2CCOCC2)n1. The van der Waals surface area contributed by atoms with Gasteiger partial charge in [0.2, 0.25) is 11.9 Å². The third-order valence-corrected chi connectivity index (χ3v) is 5.01. The number of carbonyl (C=O) groups is 1. The summed E-state index contributed by atoms with van der Waals surface area (Å²) in [5.41, 5.74) is 0.955. The highest BCUT2D eigenvalue weighted by Gasteiger charge is 2.20. The molecule has 0 atom stereocenters. The molecule has 2 aromatic rings. The lowest BCUT2D eigenvalue weighted by molar-refractivity contribution is -0.116. The quantitative estimate of drug-likeness (QED) is 0.702. The highest BCUT2D eigenvalue weighted by Crippen LogP contribution is 2.19. The molecule has 0 bridgehead atoms. The fraction of sp³-hybridized carbons (Fsp3) is 0.421. The molecule has 28 heavy (non-hydrogen) atoms. The Balaban J connectivity index is 1.84. The normalized spacial score (nSPS) is 14.1. The number of hydrogen-bond acceptors (Lipinski definition) is 7. The van der Waals surface area contributed by atoms with Gasteiger partial charge in [0, 0.05) is 36.8 Å². The van der Waals surface area contributed by atoms with Crippen molar-refractivity contribution in [3.05, 3.63) is 46.4 Å². The molecule has 0 aliphatic carbocycles. The molecular formula is C19H24N4O4S. The van der Waals surface area contributed by atoms with Crippen LogP contribution in [0.3, 0.4) is 0 Å². The fourth-order valence-corrected chi connectivity index (χ4v) is 3.42. The first kappa shape index (κ1) is 20.4. The van der Waals surface area contributed by atoms with Gasteiger partial charge in [0.1, 0.15) is 6.54 Å². The summed E-state index contributed by atoms with van der Waals surface area (Å²) in [5, 5.41) is 2.85. The molecule has 1 fully saturated rings. The van der Waals surface area contributed by atoms with E-state index in [1.165, 1.54) is 10.6 Å². The van der Waals surface area contributed by atoms with E-state index in [0.29, 0.717) is 43.6 Å². The van der Waals surface area contributed by atoms with Crippen LogP contribution in [0.15, 0.2) is 40.0 Å². The molecule has 9 heteroatoms. The van der Waals surface area contributed by atoms with Crippen molar-refractivity contribution in [2.45, 2.75) is 18.0 Å². The van der Waals surface area contributed by atoms with Gasteiger partial charge in [0.25, 0.3) is 5.56 Å². The molecule has 0 saturated carbocycles. The summed E-state index contributed by atoms with van der Waals surface area (Å²) in [6.45, 7) is 2.45. The van der Waals surface area contributed by atoms with Crippen molar-refractivity contribution >= 4 is 29.3 Å². The first-order valence-electron chi connectivity index (χ1n) is 8.97. The third-order valence-electron chi connectivity index (χ3n) is 4.28.